The molecule has 2 aromatic carbocycles. The van der Waals surface area contributed by atoms with Gasteiger partial charge in [-0.3, -0.25) is 9.59 Å². The van der Waals surface area contributed by atoms with Crippen molar-refractivity contribution >= 4 is 11.8 Å². The number of phenols is 1. The molecule has 5 nitrogen and oxygen atoms in total. The number of likely N-dealkylation sites (tertiary alicyclic amines) is 1. The smallest absolute Gasteiger partial charge is 0.253 e. The van der Waals surface area contributed by atoms with Crippen LogP contribution in [0.25, 0.3) is 11.1 Å². The molecule has 0 saturated carbocycles. The molecule has 1 fully saturated rings. The van der Waals surface area contributed by atoms with Crippen molar-refractivity contribution in [2.24, 2.45) is 5.92 Å². The molecule has 2 amide bonds. The number of phenolic OH excluding ortho intramolecular Hbond substituents is 1. The monoisotopic (exact) mass is 366 g/mol. The van der Waals surface area contributed by atoms with Crippen LogP contribution in [-0.4, -0.2) is 42.0 Å². The fourth-order valence-corrected chi connectivity index (χ4v) is 3.67. The maximum Gasteiger partial charge on any atom is 0.253 e. The molecule has 1 heterocycles. The first-order valence-electron chi connectivity index (χ1n) is 9.33. The minimum atomic E-state index is -0.130. The van der Waals surface area contributed by atoms with E-state index < -0.39 is 0 Å². The highest BCUT2D eigenvalue weighted by Gasteiger charge is 2.28. The Bertz CT molecular complexity index is 859. The molecule has 2 aromatic rings. The summed E-state index contributed by atoms with van der Waals surface area (Å²) in [6.45, 7) is 5.03. The van der Waals surface area contributed by atoms with Gasteiger partial charge in [0.15, 0.2) is 0 Å². The van der Waals surface area contributed by atoms with Gasteiger partial charge in [0.2, 0.25) is 5.91 Å². The van der Waals surface area contributed by atoms with E-state index in [9.17, 15) is 14.7 Å². The van der Waals surface area contributed by atoms with E-state index in [1.807, 2.05) is 44.2 Å². The first kappa shape index (κ1) is 19.0. The fourth-order valence-electron chi connectivity index (χ4n) is 3.67. The summed E-state index contributed by atoms with van der Waals surface area (Å²) in [6.07, 6.45) is 1.66. The van der Waals surface area contributed by atoms with E-state index in [-0.39, 0.29) is 17.7 Å². The number of benzene rings is 2. The Morgan fingerprint density at radius 2 is 1.78 bits per heavy atom. The first-order valence-corrected chi connectivity index (χ1v) is 9.33. The minimum absolute atomic E-state index is 0.000947. The van der Waals surface area contributed by atoms with Crippen LogP contribution >= 0.6 is 0 Å². The van der Waals surface area contributed by atoms with Crippen LogP contribution in [0.15, 0.2) is 36.4 Å². The number of hydrogen-bond acceptors (Lipinski definition) is 3. The van der Waals surface area contributed by atoms with Crippen LogP contribution in [0.2, 0.25) is 0 Å². The molecule has 5 heteroatoms. The van der Waals surface area contributed by atoms with Crippen LogP contribution in [0.5, 0.6) is 5.75 Å². The van der Waals surface area contributed by atoms with Crippen molar-refractivity contribution in [1.82, 2.24) is 10.2 Å². The van der Waals surface area contributed by atoms with Crippen molar-refractivity contribution in [3.8, 4) is 16.9 Å². The number of amides is 2. The van der Waals surface area contributed by atoms with Gasteiger partial charge in [0, 0.05) is 25.7 Å². The van der Waals surface area contributed by atoms with Crippen molar-refractivity contribution in [3.63, 3.8) is 0 Å². The van der Waals surface area contributed by atoms with Crippen LogP contribution in [0.3, 0.4) is 0 Å². The number of piperidine rings is 1. The summed E-state index contributed by atoms with van der Waals surface area (Å²) in [7, 11) is 1.63. The zero-order chi connectivity index (χ0) is 19.6. The van der Waals surface area contributed by atoms with Crippen molar-refractivity contribution in [1.29, 1.82) is 0 Å². The van der Waals surface area contributed by atoms with Gasteiger partial charge in [0.25, 0.3) is 5.91 Å². The molecule has 0 aliphatic carbocycles. The topological polar surface area (TPSA) is 69.6 Å². The highest BCUT2D eigenvalue weighted by Crippen LogP contribution is 2.30. The number of hydrogen-bond donors (Lipinski definition) is 2. The van der Waals surface area contributed by atoms with E-state index in [4.69, 9.17) is 0 Å². The van der Waals surface area contributed by atoms with E-state index in [1.165, 1.54) is 0 Å². The summed E-state index contributed by atoms with van der Waals surface area (Å²) in [6, 6.07) is 11.1. The molecule has 27 heavy (non-hydrogen) atoms. The largest absolute Gasteiger partial charge is 0.508 e. The number of rotatable bonds is 3. The van der Waals surface area contributed by atoms with Crippen LogP contribution in [-0.2, 0) is 4.79 Å². The number of carbonyl (C=O) groups is 2. The lowest BCUT2D eigenvalue weighted by molar-refractivity contribution is -0.125. The normalized spacial score (nSPS) is 16.9. The molecule has 1 saturated heterocycles. The summed E-state index contributed by atoms with van der Waals surface area (Å²) in [5.74, 6) is 0.128. The quantitative estimate of drug-likeness (QED) is 0.876. The third-order valence-electron chi connectivity index (χ3n) is 5.53. The van der Waals surface area contributed by atoms with Gasteiger partial charge < -0.3 is 15.3 Å². The van der Waals surface area contributed by atoms with Gasteiger partial charge in [-0.05, 0) is 67.1 Å². The van der Waals surface area contributed by atoms with Gasteiger partial charge in [-0.1, -0.05) is 18.2 Å². The molecular formula is C22H26N2O3. The minimum Gasteiger partial charge on any atom is -0.508 e. The number of nitrogens with one attached hydrogen (secondary N) is 1. The summed E-state index contributed by atoms with van der Waals surface area (Å²) in [5.41, 5.74) is 4.57. The lowest BCUT2D eigenvalue weighted by Gasteiger charge is -2.32. The Balaban J connectivity index is 1.78. The Hall–Kier alpha value is -2.82. The van der Waals surface area contributed by atoms with Crippen LogP contribution in [0.4, 0.5) is 0 Å². The predicted octanol–water partition coefficient (Wildman–Crippen LogP) is 3.27. The highest BCUT2D eigenvalue weighted by molar-refractivity contribution is 5.95. The number of carbonyl (C=O) groups excluding carboxylic acids is 2. The molecule has 1 unspecified atom stereocenters. The molecule has 0 bridgehead atoms. The summed E-state index contributed by atoms with van der Waals surface area (Å²) < 4.78 is 0. The summed E-state index contributed by atoms with van der Waals surface area (Å²) in [4.78, 5) is 26.5. The lowest BCUT2D eigenvalue weighted by atomic mass is 9.94. The Labute approximate surface area is 160 Å². The molecule has 0 spiro atoms. The number of aromatic hydroxyl groups is 1. The fraction of sp³-hybridized carbons (Fsp3) is 0.364. The second-order valence-corrected chi connectivity index (χ2v) is 7.16. The maximum atomic E-state index is 12.8. The summed E-state index contributed by atoms with van der Waals surface area (Å²) >= 11 is 0. The van der Waals surface area contributed by atoms with Gasteiger partial charge in [-0.25, -0.2) is 0 Å². The van der Waals surface area contributed by atoms with Crippen molar-refractivity contribution in [3.05, 3.63) is 53.1 Å². The van der Waals surface area contributed by atoms with Gasteiger partial charge in [-0.15, -0.1) is 0 Å². The molecule has 0 radical (unpaired) electrons. The SMILES string of the molecule is CNC(=O)C1CCCN(C(=O)c2ccc(-c3ccc(O)c(C)c3C)cc2)C1. The van der Waals surface area contributed by atoms with Crippen LogP contribution in [0.1, 0.15) is 34.3 Å². The van der Waals surface area contributed by atoms with Gasteiger partial charge in [0.05, 0.1) is 5.92 Å². The third kappa shape index (κ3) is 3.82. The average molecular weight is 366 g/mol. The van der Waals surface area contributed by atoms with E-state index in [0.717, 1.165) is 35.1 Å². The zero-order valence-electron chi connectivity index (χ0n) is 16.1. The van der Waals surface area contributed by atoms with E-state index >= 15 is 0 Å². The molecule has 3 rings (SSSR count). The number of nitrogens with zero attached hydrogens (tertiary/aromatic N) is 1. The Kier molecular flexibility index (Phi) is 5.49. The maximum absolute atomic E-state index is 12.8. The third-order valence-corrected chi connectivity index (χ3v) is 5.53. The molecule has 1 aliphatic heterocycles. The van der Waals surface area contributed by atoms with E-state index in [2.05, 4.69) is 5.32 Å². The molecule has 142 valence electrons. The van der Waals surface area contributed by atoms with Gasteiger partial charge in [0.1, 0.15) is 5.75 Å². The van der Waals surface area contributed by atoms with Crippen LogP contribution < -0.4 is 5.32 Å². The standard InChI is InChI=1S/C22H26N2O3/c1-14-15(2)20(25)11-10-19(14)16-6-8-17(9-7-16)22(27)24-12-4-5-18(13-24)21(26)23-3/h6-11,18,25H,4-5,12-13H2,1-3H3,(H,23,26). The molecule has 1 aliphatic rings. The van der Waals surface area contributed by atoms with Crippen LogP contribution in [0, 0.1) is 19.8 Å². The van der Waals surface area contributed by atoms with E-state index in [0.29, 0.717) is 24.4 Å². The van der Waals surface area contributed by atoms with Gasteiger partial charge >= 0.3 is 0 Å². The predicted molar refractivity (Wildman–Crippen MR) is 106 cm³/mol. The van der Waals surface area contributed by atoms with Crippen molar-refractivity contribution in [2.45, 2.75) is 26.7 Å². The van der Waals surface area contributed by atoms with Gasteiger partial charge in [-0.2, -0.15) is 0 Å². The van der Waals surface area contributed by atoms with Crippen molar-refractivity contribution in [2.75, 3.05) is 20.1 Å². The average Bonchev–Trinajstić information content (AvgIpc) is 2.71. The Morgan fingerprint density at radius 1 is 1.07 bits per heavy atom. The van der Waals surface area contributed by atoms with E-state index in [1.54, 1.807) is 18.0 Å². The highest BCUT2D eigenvalue weighted by atomic mass is 16.3. The molecule has 0 aromatic heterocycles. The second-order valence-electron chi connectivity index (χ2n) is 7.16. The zero-order valence-corrected chi connectivity index (χ0v) is 16.1. The Morgan fingerprint density at radius 3 is 2.44 bits per heavy atom. The first-order chi connectivity index (χ1) is 12.9. The lowest BCUT2D eigenvalue weighted by Crippen LogP contribution is -2.44. The molecule has 2 N–H and O–H groups in total. The second kappa shape index (κ2) is 7.82. The molecule has 1 atom stereocenters. The summed E-state index contributed by atoms with van der Waals surface area (Å²) in [5, 5.41) is 12.5. The van der Waals surface area contributed by atoms with Crippen molar-refractivity contribution < 1.29 is 14.7 Å². The molecular weight excluding hydrogens is 340 g/mol.